The molecule has 1 heterocycles. The third-order valence-corrected chi connectivity index (χ3v) is 3.77. The molecule has 0 saturated heterocycles. The molecule has 0 saturated carbocycles. The van der Waals surface area contributed by atoms with Crippen molar-refractivity contribution in [2.75, 3.05) is 18.6 Å². The number of hydrogen-bond donors (Lipinski definition) is 1. The van der Waals surface area contributed by atoms with E-state index in [0.29, 0.717) is 11.6 Å². The first-order valence-electron chi connectivity index (χ1n) is 4.22. The maximum Gasteiger partial charge on any atom is 0.154 e. The second kappa shape index (κ2) is 4.60. The highest BCUT2D eigenvalue weighted by Crippen LogP contribution is 2.18. The maximum absolute atomic E-state index is 11.1. The molecular weight excluding hydrogens is 329 g/mol. The highest BCUT2D eigenvalue weighted by molar-refractivity contribution is 14.1. The van der Waals surface area contributed by atoms with Gasteiger partial charge in [-0.3, -0.25) is 0 Å². The van der Waals surface area contributed by atoms with Crippen molar-refractivity contribution in [1.29, 1.82) is 0 Å². The molecule has 15 heavy (non-hydrogen) atoms. The lowest BCUT2D eigenvalue weighted by Gasteiger charge is -2.07. The Balaban J connectivity index is 3.17. The molecule has 0 aliphatic rings. The van der Waals surface area contributed by atoms with Crippen LogP contribution >= 0.6 is 22.6 Å². The summed E-state index contributed by atoms with van der Waals surface area (Å²) in [6.07, 6.45) is 1.17. The number of sulfone groups is 1. The zero-order chi connectivity index (χ0) is 11.6. The fourth-order valence-electron chi connectivity index (χ4n) is 1.08. The monoisotopic (exact) mass is 341 g/mol. The molecule has 7 heteroatoms. The first-order valence-corrected chi connectivity index (χ1v) is 7.36. The quantitative estimate of drug-likeness (QED) is 0.830. The second-order valence-corrected chi connectivity index (χ2v) is 6.43. The van der Waals surface area contributed by atoms with Crippen LogP contribution in [0.5, 0.6) is 0 Å². The Morgan fingerprint density at radius 2 is 2.00 bits per heavy atom. The van der Waals surface area contributed by atoms with Crippen LogP contribution in [0.4, 0.5) is 5.82 Å². The van der Waals surface area contributed by atoms with Crippen molar-refractivity contribution in [3.05, 3.63) is 15.1 Å². The van der Waals surface area contributed by atoms with E-state index in [9.17, 15) is 8.42 Å². The molecule has 0 radical (unpaired) electrons. The molecule has 0 fully saturated rings. The first-order chi connectivity index (χ1) is 6.83. The van der Waals surface area contributed by atoms with Gasteiger partial charge in [-0.2, -0.15) is 0 Å². The molecule has 0 unspecified atom stereocenters. The Morgan fingerprint density at radius 1 is 1.40 bits per heavy atom. The average Bonchev–Trinajstić information content (AvgIpc) is 2.08. The van der Waals surface area contributed by atoms with E-state index in [0.717, 1.165) is 9.26 Å². The van der Waals surface area contributed by atoms with Gasteiger partial charge >= 0.3 is 0 Å². The second-order valence-electron chi connectivity index (χ2n) is 3.21. The minimum absolute atomic E-state index is 0.126. The molecule has 0 bridgehead atoms. The topological polar surface area (TPSA) is 72.0 Å². The lowest BCUT2D eigenvalue weighted by molar-refractivity contribution is 0.599. The van der Waals surface area contributed by atoms with E-state index in [1.54, 1.807) is 7.05 Å². The lowest BCUT2D eigenvalue weighted by Crippen LogP contribution is -2.09. The van der Waals surface area contributed by atoms with Crippen LogP contribution in [0.25, 0.3) is 0 Å². The molecule has 0 aromatic carbocycles. The summed E-state index contributed by atoms with van der Waals surface area (Å²) in [5.41, 5.74) is 0.786. The van der Waals surface area contributed by atoms with Crippen LogP contribution in [0.3, 0.4) is 0 Å². The van der Waals surface area contributed by atoms with Gasteiger partial charge in [-0.25, -0.2) is 18.4 Å². The van der Waals surface area contributed by atoms with Gasteiger partial charge in [0.1, 0.15) is 17.4 Å². The number of aromatic nitrogens is 2. The van der Waals surface area contributed by atoms with E-state index in [4.69, 9.17) is 0 Å². The predicted molar refractivity (Wildman–Crippen MR) is 67.6 cm³/mol. The highest BCUT2D eigenvalue weighted by Gasteiger charge is 2.12. The van der Waals surface area contributed by atoms with Crippen molar-refractivity contribution in [3.63, 3.8) is 0 Å². The van der Waals surface area contributed by atoms with Gasteiger partial charge in [0.05, 0.1) is 9.26 Å². The Bertz CT molecular complexity index is 473. The zero-order valence-corrected chi connectivity index (χ0v) is 11.7. The Labute approximate surface area is 103 Å². The summed E-state index contributed by atoms with van der Waals surface area (Å²) in [6.45, 7) is 1.83. The SMILES string of the molecule is CNc1nc(CS(C)(=O)=O)nc(C)c1I. The molecule has 84 valence electrons. The number of anilines is 1. The van der Waals surface area contributed by atoms with E-state index in [1.807, 2.05) is 6.92 Å². The van der Waals surface area contributed by atoms with Crippen molar-refractivity contribution < 1.29 is 8.42 Å². The Morgan fingerprint density at radius 3 is 2.47 bits per heavy atom. The van der Waals surface area contributed by atoms with Gasteiger partial charge in [0.15, 0.2) is 9.84 Å². The molecule has 0 atom stereocenters. The summed E-state index contributed by atoms with van der Waals surface area (Å²) < 4.78 is 23.1. The van der Waals surface area contributed by atoms with Crippen LogP contribution in [0.1, 0.15) is 11.5 Å². The highest BCUT2D eigenvalue weighted by atomic mass is 127. The van der Waals surface area contributed by atoms with Crippen molar-refractivity contribution in [2.45, 2.75) is 12.7 Å². The molecular formula is C8H12IN3O2S. The summed E-state index contributed by atoms with van der Waals surface area (Å²) >= 11 is 2.12. The summed E-state index contributed by atoms with van der Waals surface area (Å²) in [5.74, 6) is 0.876. The van der Waals surface area contributed by atoms with E-state index in [-0.39, 0.29) is 5.75 Å². The predicted octanol–water partition coefficient (Wildman–Crippen LogP) is 0.976. The van der Waals surface area contributed by atoms with Gasteiger partial charge < -0.3 is 5.32 Å². The first kappa shape index (κ1) is 12.6. The van der Waals surface area contributed by atoms with Gasteiger partial charge in [-0.05, 0) is 29.5 Å². The minimum atomic E-state index is -3.09. The van der Waals surface area contributed by atoms with Crippen molar-refractivity contribution in [2.24, 2.45) is 0 Å². The third kappa shape index (κ3) is 3.56. The Kier molecular flexibility index (Phi) is 3.87. The standard InChI is InChI=1S/C8H12IN3O2S/c1-5-7(9)8(10-2)12-6(11-5)4-15(3,13)14/h4H2,1-3H3,(H,10,11,12). The van der Waals surface area contributed by atoms with Gasteiger partial charge in [0.25, 0.3) is 0 Å². The number of nitrogens with one attached hydrogen (secondary N) is 1. The smallest absolute Gasteiger partial charge is 0.154 e. The van der Waals surface area contributed by atoms with E-state index in [1.165, 1.54) is 6.26 Å². The molecule has 1 N–H and O–H groups in total. The molecule has 0 spiro atoms. The molecule has 5 nitrogen and oxygen atoms in total. The van der Waals surface area contributed by atoms with Gasteiger partial charge in [-0.1, -0.05) is 0 Å². The summed E-state index contributed by atoms with van der Waals surface area (Å²) in [7, 11) is -1.34. The van der Waals surface area contributed by atoms with E-state index < -0.39 is 9.84 Å². The molecule has 0 amide bonds. The van der Waals surface area contributed by atoms with Crippen molar-refractivity contribution >= 4 is 38.2 Å². The summed E-state index contributed by atoms with van der Waals surface area (Å²) in [4.78, 5) is 8.26. The number of nitrogens with zero attached hydrogens (tertiary/aromatic N) is 2. The van der Waals surface area contributed by atoms with Crippen LogP contribution in [-0.2, 0) is 15.6 Å². The lowest BCUT2D eigenvalue weighted by atomic mass is 10.4. The van der Waals surface area contributed by atoms with E-state index >= 15 is 0 Å². The molecule has 1 aromatic rings. The number of aryl methyl sites for hydroxylation is 1. The fourth-order valence-corrected chi connectivity index (χ4v) is 2.19. The van der Waals surface area contributed by atoms with Crippen LogP contribution < -0.4 is 5.32 Å². The van der Waals surface area contributed by atoms with Crippen LogP contribution in [0, 0.1) is 10.5 Å². The van der Waals surface area contributed by atoms with Crippen LogP contribution in [-0.4, -0.2) is 31.7 Å². The fraction of sp³-hybridized carbons (Fsp3) is 0.500. The van der Waals surface area contributed by atoms with Gasteiger partial charge in [-0.15, -0.1) is 0 Å². The average molecular weight is 341 g/mol. The minimum Gasteiger partial charge on any atom is -0.372 e. The third-order valence-electron chi connectivity index (χ3n) is 1.69. The summed E-state index contributed by atoms with van der Waals surface area (Å²) in [6, 6.07) is 0. The summed E-state index contributed by atoms with van der Waals surface area (Å²) in [5, 5.41) is 2.91. The molecule has 1 aromatic heterocycles. The molecule has 0 aliphatic carbocycles. The number of halogens is 1. The zero-order valence-electron chi connectivity index (χ0n) is 8.70. The van der Waals surface area contributed by atoms with E-state index in [2.05, 4.69) is 37.9 Å². The molecule has 1 rings (SSSR count). The Hall–Kier alpha value is -0.440. The van der Waals surface area contributed by atoms with Crippen LogP contribution in [0.15, 0.2) is 0 Å². The van der Waals surface area contributed by atoms with Crippen molar-refractivity contribution in [3.8, 4) is 0 Å². The van der Waals surface area contributed by atoms with Gasteiger partial charge in [0.2, 0.25) is 0 Å². The van der Waals surface area contributed by atoms with Gasteiger partial charge in [0, 0.05) is 13.3 Å². The number of hydrogen-bond acceptors (Lipinski definition) is 5. The van der Waals surface area contributed by atoms with Crippen LogP contribution in [0.2, 0.25) is 0 Å². The van der Waals surface area contributed by atoms with Crippen molar-refractivity contribution in [1.82, 2.24) is 9.97 Å². The normalized spacial score (nSPS) is 11.5. The largest absolute Gasteiger partial charge is 0.372 e. The number of rotatable bonds is 3. The molecule has 0 aliphatic heterocycles. The maximum atomic E-state index is 11.1.